The third-order valence-electron chi connectivity index (χ3n) is 2.13. The highest BCUT2D eigenvalue weighted by atomic mass is 79.9. The molecule has 3 nitrogen and oxygen atoms in total. The first-order valence-corrected chi connectivity index (χ1v) is 5.72. The van der Waals surface area contributed by atoms with Crippen LogP contribution in [0.15, 0.2) is 53.0 Å². The Bertz CT molecular complexity index is 552. The lowest BCUT2D eigenvalue weighted by Crippen LogP contribution is -2.08. The summed E-state index contributed by atoms with van der Waals surface area (Å²) in [6, 6.07) is 13.2. The number of para-hydroxylation sites is 2. The molecule has 0 spiro atoms. The molecule has 2 aromatic carbocycles. The second-order valence-corrected chi connectivity index (χ2v) is 4.28. The second kappa shape index (κ2) is 5.01. The molecule has 0 aliphatic carbocycles. The third-order valence-corrected chi connectivity index (χ3v) is 2.62. The van der Waals surface area contributed by atoms with Gasteiger partial charge in [-0.2, -0.15) is 0 Å². The maximum atomic E-state index is 11.8. The zero-order valence-electron chi connectivity index (χ0n) is 8.76. The number of esters is 1. The number of hydrogen-bond acceptors (Lipinski definition) is 3. The Morgan fingerprint density at radius 2 is 1.88 bits per heavy atom. The van der Waals surface area contributed by atoms with Crippen molar-refractivity contribution < 1.29 is 14.6 Å². The summed E-state index contributed by atoms with van der Waals surface area (Å²) in [7, 11) is 0. The Labute approximate surface area is 107 Å². The van der Waals surface area contributed by atoms with Crippen LogP contribution in [0.5, 0.6) is 11.5 Å². The number of ether oxygens (including phenoxy) is 1. The molecule has 1 N–H and O–H groups in total. The van der Waals surface area contributed by atoms with Crippen molar-refractivity contribution in [3.8, 4) is 11.5 Å². The van der Waals surface area contributed by atoms with Crippen molar-refractivity contribution in [1.29, 1.82) is 0 Å². The van der Waals surface area contributed by atoms with Crippen LogP contribution in [0.1, 0.15) is 10.4 Å². The maximum absolute atomic E-state index is 11.8. The molecule has 0 amide bonds. The Morgan fingerprint density at radius 3 is 2.59 bits per heavy atom. The van der Waals surface area contributed by atoms with E-state index in [0.717, 1.165) is 4.47 Å². The molecular formula is C13H9BrO3. The smallest absolute Gasteiger partial charge is 0.343 e. The lowest BCUT2D eigenvalue weighted by atomic mass is 10.2. The van der Waals surface area contributed by atoms with E-state index in [9.17, 15) is 9.90 Å². The van der Waals surface area contributed by atoms with Crippen LogP contribution < -0.4 is 4.74 Å². The highest BCUT2D eigenvalue weighted by Gasteiger charge is 2.10. The molecular weight excluding hydrogens is 284 g/mol. The minimum absolute atomic E-state index is 0.0594. The Kier molecular flexibility index (Phi) is 3.44. The molecule has 0 saturated carbocycles. The highest BCUT2D eigenvalue weighted by Crippen LogP contribution is 2.25. The van der Waals surface area contributed by atoms with Gasteiger partial charge in [-0.25, -0.2) is 4.79 Å². The van der Waals surface area contributed by atoms with Gasteiger partial charge in [0.05, 0.1) is 5.56 Å². The predicted octanol–water partition coefficient (Wildman–Crippen LogP) is 3.37. The fraction of sp³-hybridized carbons (Fsp3) is 0. The van der Waals surface area contributed by atoms with Gasteiger partial charge >= 0.3 is 5.97 Å². The summed E-state index contributed by atoms with van der Waals surface area (Å²) in [5.41, 5.74) is 0.419. The first-order valence-electron chi connectivity index (χ1n) is 4.92. The van der Waals surface area contributed by atoms with E-state index < -0.39 is 5.97 Å². The predicted molar refractivity (Wildman–Crippen MR) is 67.2 cm³/mol. The van der Waals surface area contributed by atoms with Gasteiger partial charge in [0.2, 0.25) is 0 Å². The molecule has 0 radical (unpaired) electrons. The molecule has 0 fully saturated rings. The van der Waals surface area contributed by atoms with E-state index in [0.29, 0.717) is 5.56 Å². The standard InChI is InChI=1S/C13H9BrO3/c14-10-5-3-4-9(8-10)13(16)17-12-7-2-1-6-11(12)15/h1-8,15H. The molecule has 4 heteroatoms. The van der Waals surface area contributed by atoms with Gasteiger partial charge in [0, 0.05) is 4.47 Å². The van der Waals surface area contributed by atoms with Crippen LogP contribution in [0.3, 0.4) is 0 Å². The molecule has 0 unspecified atom stereocenters. The number of benzene rings is 2. The molecule has 2 aromatic rings. The number of phenolic OH excluding ortho intramolecular Hbond substituents is 1. The number of phenols is 1. The minimum Gasteiger partial charge on any atom is -0.504 e. The summed E-state index contributed by atoms with van der Waals surface area (Å²) >= 11 is 3.27. The highest BCUT2D eigenvalue weighted by molar-refractivity contribution is 9.10. The number of carbonyl (C=O) groups excluding carboxylic acids is 1. The first-order chi connectivity index (χ1) is 8.16. The quantitative estimate of drug-likeness (QED) is 0.682. The molecule has 86 valence electrons. The number of rotatable bonds is 2. The summed E-state index contributed by atoms with van der Waals surface area (Å²) in [6.45, 7) is 0. The van der Waals surface area contributed by atoms with Gasteiger partial charge in [-0.05, 0) is 30.3 Å². The van der Waals surface area contributed by atoms with Crippen LogP contribution in [-0.4, -0.2) is 11.1 Å². The third kappa shape index (κ3) is 2.85. The van der Waals surface area contributed by atoms with Crippen LogP contribution in [0.4, 0.5) is 0 Å². The van der Waals surface area contributed by atoms with Gasteiger partial charge < -0.3 is 9.84 Å². The minimum atomic E-state index is -0.507. The van der Waals surface area contributed by atoms with Gasteiger partial charge in [0.1, 0.15) is 0 Å². The summed E-state index contributed by atoms with van der Waals surface area (Å²) < 4.78 is 5.87. The first kappa shape index (κ1) is 11.7. The summed E-state index contributed by atoms with van der Waals surface area (Å²) in [6.07, 6.45) is 0. The van der Waals surface area contributed by atoms with Crippen LogP contribution in [0, 0.1) is 0 Å². The number of hydrogen-bond donors (Lipinski definition) is 1. The summed E-state index contributed by atoms with van der Waals surface area (Å²) in [5, 5.41) is 9.47. The fourth-order valence-electron chi connectivity index (χ4n) is 1.32. The van der Waals surface area contributed by atoms with E-state index >= 15 is 0 Å². The largest absolute Gasteiger partial charge is 0.504 e. The molecule has 17 heavy (non-hydrogen) atoms. The second-order valence-electron chi connectivity index (χ2n) is 3.37. The summed E-state index contributed by atoms with van der Waals surface area (Å²) in [5.74, 6) is -0.416. The van der Waals surface area contributed by atoms with Crippen molar-refractivity contribution in [2.45, 2.75) is 0 Å². The molecule has 0 aliphatic heterocycles. The van der Waals surface area contributed by atoms with Crippen molar-refractivity contribution in [1.82, 2.24) is 0 Å². The molecule has 0 bridgehead atoms. The van der Waals surface area contributed by atoms with Crippen LogP contribution in [-0.2, 0) is 0 Å². The molecule has 0 saturated heterocycles. The van der Waals surface area contributed by atoms with E-state index in [1.165, 1.54) is 12.1 Å². The zero-order chi connectivity index (χ0) is 12.3. The Balaban J connectivity index is 2.20. The van der Waals surface area contributed by atoms with Crippen molar-refractivity contribution >= 4 is 21.9 Å². The molecule has 0 aliphatic rings. The van der Waals surface area contributed by atoms with Crippen molar-refractivity contribution in [3.63, 3.8) is 0 Å². The number of carbonyl (C=O) groups is 1. The lowest BCUT2D eigenvalue weighted by molar-refractivity contribution is 0.0729. The topological polar surface area (TPSA) is 46.5 Å². The number of halogens is 1. The van der Waals surface area contributed by atoms with Crippen molar-refractivity contribution in [3.05, 3.63) is 58.6 Å². The Morgan fingerprint density at radius 1 is 1.12 bits per heavy atom. The van der Waals surface area contributed by atoms with E-state index in [-0.39, 0.29) is 11.5 Å². The van der Waals surface area contributed by atoms with E-state index in [2.05, 4.69) is 15.9 Å². The van der Waals surface area contributed by atoms with Gasteiger partial charge in [-0.1, -0.05) is 34.1 Å². The average molecular weight is 293 g/mol. The van der Waals surface area contributed by atoms with E-state index in [1.807, 2.05) is 6.07 Å². The normalized spacial score (nSPS) is 9.94. The molecule has 0 aromatic heterocycles. The fourth-order valence-corrected chi connectivity index (χ4v) is 1.72. The van der Waals surface area contributed by atoms with E-state index in [1.54, 1.807) is 30.3 Å². The maximum Gasteiger partial charge on any atom is 0.343 e. The van der Waals surface area contributed by atoms with E-state index in [4.69, 9.17) is 4.74 Å². The zero-order valence-corrected chi connectivity index (χ0v) is 10.3. The van der Waals surface area contributed by atoms with Gasteiger partial charge in [0.15, 0.2) is 11.5 Å². The van der Waals surface area contributed by atoms with Crippen molar-refractivity contribution in [2.24, 2.45) is 0 Å². The lowest BCUT2D eigenvalue weighted by Gasteiger charge is -2.05. The van der Waals surface area contributed by atoms with Crippen LogP contribution >= 0.6 is 15.9 Å². The molecule has 0 heterocycles. The average Bonchev–Trinajstić information content (AvgIpc) is 2.32. The van der Waals surface area contributed by atoms with Gasteiger partial charge in [-0.15, -0.1) is 0 Å². The van der Waals surface area contributed by atoms with Crippen LogP contribution in [0.2, 0.25) is 0 Å². The van der Waals surface area contributed by atoms with Crippen molar-refractivity contribution in [2.75, 3.05) is 0 Å². The van der Waals surface area contributed by atoms with Crippen LogP contribution in [0.25, 0.3) is 0 Å². The molecule has 2 rings (SSSR count). The SMILES string of the molecule is O=C(Oc1ccccc1O)c1cccc(Br)c1. The number of aromatic hydroxyl groups is 1. The van der Waals surface area contributed by atoms with Gasteiger partial charge in [-0.3, -0.25) is 0 Å². The Hall–Kier alpha value is -1.81. The monoisotopic (exact) mass is 292 g/mol. The summed E-state index contributed by atoms with van der Waals surface area (Å²) in [4.78, 5) is 11.8. The van der Waals surface area contributed by atoms with Gasteiger partial charge in [0.25, 0.3) is 0 Å². The molecule has 0 atom stereocenters.